The average Bonchev–Trinajstić information content (AvgIpc) is 2.88. The summed E-state index contributed by atoms with van der Waals surface area (Å²) in [7, 11) is 0. The third-order valence-electron chi connectivity index (χ3n) is 5.63. The fourth-order valence-electron chi connectivity index (χ4n) is 4.11. The zero-order valence-corrected chi connectivity index (χ0v) is 16.4. The van der Waals surface area contributed by atoms with Crippen molar-refractivity contribution in [2.24, 2.45) is 0 Å². The molecule has 144 valence electrons. The molecule has 2 atom stereocenters. The molecule has 6 heteroatoms. The first-order valence-corrected chi connectivity index (χ1v) is 10.2. The first kappa shape index (κ1) is 19.1. The Bertz CT molecular complexity index is 574. The Morgan fingerprint density at radius 3 is 2.42 bits per heavy atom. The minimum absolute atomic E-state index is 0.0584. The van der Waals surface area contributed by atoms with E-state index in [2.05, 4.69) is 45.9 Å². The van der Waals surface area contributed by atoms with E-state index >= 15 is 0 Å². The predicted octanol–water partition coefficient (Wildman–Crippen LogP) is 2.39. The second-order valence-corrected chi connectivity index (χ2v) is 7.97. The summed E-state index contributed by atoms with van der Waals surface area (Å²) in [5, 5.41) is 2.97. The molecule has 0 saturated carbocycles. The van der Waals surface area contributed by atoms with E-state index in [4.69, 9.17) is 0 Å². The number of amides is 1. The quantitative estimate of drug-likeness (QED) is 0.722. The van der Waals surface area contributed by atoms with Gasteiger partial charge in [0.1, 0.15) is 0 Å². The Labute approximate surface area is 157 Å². The van der Waals surface area contributed by atoms with Gasteiger partial charge in [-0.05, 0) is 38.7 Å². The number of nitrogens with one attached hydrogen (secondary N) is 1. The third-order valence-corrected chi connectivity index (χ3v) is 5.63. The van der Waals surface area contributed by atoms with Crippen LogP contribution in [0.5, 0.6) is 0 Å². The first-order valence-electron chi connectivity index (χ1n) is 10.2. The second kappa shape index (κ2) is 8.80. The van der Waals surface area contributed by atoms with E-state index in [1.165, 1.54) is 19.3 Å². The largest absolute Gasteiger partial charge is 0.356 e. The Hall–Kier alpha value is -1.69. The lowest BCUT2D eigenvalue weighted by Crippen LogP contribution is -2.56. The van der Waals surface area contributed by atoms with Gasteiger partial charge in [0.25, 0.3) is 0 Å². The van der Waals surface area contributed by atoms with Crippen LogP contribution < -0.4 is 10.2 Å². The molecule has 0 radical (unpaired) electrons. The number of nitrogens with zero attached hydrogens (tertiary/aromatic N) is 4. The number of hydrogen-bond donors (Lipinski definition) is 1. The lowest BCUT2D eigenvalue weighted by atomic mass is 10.1. The lowest BCUT2D eigenvalue weighted by molar-refractivity contribution is -0.120. The van der Waals surface area contributed by atoms with Gasteiger partial charge in [-0.2, -0.15) is 0 Å². The maximum absolute atomic E-state index is 12.0. The number of aromatic nitrogens is 2. The first-order chi connectivity index (χ1) is 12.6. The summed E-state index contributed by atoms with van der Waals surface area (Å²) in [6.45, 7) is 9.66. The van der Waals surface area contributed by atoms with Gasteiger partial charge < -0.3 is 10.2 Å². The predicted molar refractivity (Wildman–Crippen MR) is 104 cm³/mol. The molecule has 2 aliphatic rings. The molecule has 2 aliphatic heterocycles. The van der Waals surface area contributed by atoms with Gasteiger partial charge in [0.15, 0.2) is 0 Å². The third kappa shape index (κ3) is 4.53. The van der Waals surface area contributed by atoms with Gasteiger partial charge in [-0.1, -0.05) is 19.8 Å². The SMILES string of the molecule is CCCCCNC(=O)Cc1cnc(N2C3CCC2CN(C(C)C)C3)nc1. The number of piperazine rings is 1. The molecule has 0 aliphatic carbocycles. The van der Waals surface area contributed by atoms with Crippen molar-refractivity contribution < 1.29 is 4.79 Å². The zero-order chi connectivity index (χ0) is 18.5. The van der Waals surface area contributed by atoms with Crippen molar-refractivity contribution >= 4 is 11.9 Å². The summed E-state index contributed by atoms with van der Waals surface area (Å²) in [4.78, 5) is 26.2. The van der Waals surface area contributed by atoms with Gasteiger partial charge in [0, 0.05) is 50.2 Å². The van der Waals surface area contributed by atoms with E-state index in [0.29, 0.717) is 24.5 Å². The maximum Gasteiger partial charge on any atom is 0.225 e. The van der Waals surface area contributed by atoms with E-state index in [0.717, 1.165) is 44.0 Å². The van der Waals surface area contributed by atoms with Crippen LogP contribution >= 0.6 is 0 Å². The number of fused-ring (bicyclic) bond motifs is 2. The highest BCUT2D eigenvalue weighted by molar-refractivity contribution is 5.78. The van der Waals surface area contributed by atoms with Crippen LogP contribution in [0.15, 0.2) is 12.4 Å². The molecule has 1 aromatic rings. The molecule has 6 nitrogen and oxygen atoms in total. The Kier molecular flexibility index (Phi) is 6.46. The number of anilines is 1. The molecule has 1 N–H and O–H groups in total. The summed E-state index contributed by atoms with van der Waals surface area (Å²) in [6.07, 6.45) is 9.81. The monoisotopic (exact) mass is 359 g/mol. The number of unbranched alkanes of at least 4 members (excludes halogenated alkanes) is 2. The molecule has 2 fully saturated rings. The number of hydrogen-bond acceptors (Lipinski definition) is 5. The summed E-state index contributed by atoms with van der Waals surface area (Å²) in [5.74, 6) is 0.885. The van der Waals surface area contributed by atoms with Crippen molar-refractivity contribution in [1.29, 1.82) is 0 Å². The molecule has 0 aromatic carbocycles. The van der Waals surface area contributed by atoms with Crippen molar-refractivity contribution in [3.05, 3.63) is 18.0 Å². The van der Waals surface area contributed by atoms with Crippen molar-refractivity contribution in [3.8, 4) is 0 Å². The molecular formula is C20H33N5O. The standard InChI is InChI=1S/C20H33N5O/c1-4-5-6-9-21-19(26)10-16-11-22-20(23-12-16)25-17-7-8-18(25)14-24(13-17)15(2)3/h11-12,15,17-18H,4-10,13-14H2,1-3H3,(H,21,26). The molecule has 0 spiro atoms. The molecule has 1 aromatic heterocycles. The minimum atomic E-state index is 0.0584. The van der Waals surface area contributed by atoms with Crippen LogP contribution in [-0.4, -0.2) is 58.5 Å². The van der Waals surface area contributed by atoms with Crippen LogP contribution in [0.25, 0.3) is 0 Å². The summed E-state index contributed by atoms with van der Waals surface area (Å²) < 4.78 is 0. The fourth-order valence-corrected chi connectivity index (χ4v) is 4.11. The normalized spacial score (nSPS) is 22.8. The lowest BCUT2D eigenvalue weighted by Gasteiger charge is -2.42. The van der Waals surface area contributed by atoms with Crippen LogP contribution in [0.1, 0.15) is 58.4 Å². The van der Waals surface area contributed by atoms with Gasteiger partial charge in [-0.3, -0.25) is 9.69 Å². The number of carbonyl (C=O) groups is 1. The Morgan fingerprint density at radius 2 is 1.85 bits per heavy atom. The maximum atomic E-state index is 12.0. The summed E-state index contributed by atoms with van der Waals surface area (Å²) >= 11 is 0. The molecule has 2 saturated heterocycles. The van der Waals surface area contributed by atoms with Crippen LogP contribution in [0.2, 0.25) is 0 Å². The molecule has 1 amide bonds. The number of rotatable bonds is 8. The Morgan fingerprint density at radius 1 is 1.19 bits per heavy atom. The molecule has 26 heavy (non-hydrogen) atoms. The average molecular weight is 360 g/mol. The zero-order valence-electron chi connectivity index (χ0n) is 16.4. The van der Waals surface area contributed by atoms with Crippen molar-refractivity contribution in [1.82, 2.24) is 20.2 Å². The molecule has 3 rings (SSSR count). The van der Waals surface area contributed by atoms with Crippen molar-refractivity contribution in [3.63, 3.8) is 0 Å². The van der Waals surface area contributed by atoms with Crippen LogP contribution in [0, 0.1) is 0 Å². The van der Waals surface area contributed by atoms with Gasteiger partial charge >= 0.3 is 0 Å². The molecule has 3 heterocycles. The highest BCUT2D eigenvalue weighted by Gasteiger charge is 2.41. The number of likely N-dealkylation sites (tertiary alicyclic amines) is 1. The fraction of sp³-hybridized carbons (Fsp3) is 0.750. The van der Waals surface area contributed by atoms with Crippen LogP contribution in [0.4, 0.5) is 5.95 Å². The smallest absolute Gasteiger partial charge is 0.225 e. The van der Waals surface area contributed by atoms with Gasteiger partial charge in [0.05, 0.1) is 6.42 Å². The van der Waals surface area contributed by atoms with Gasteiger partial charge in [-0.25, -0.2) is 9.97 Å². The molecule has 2 unspecified atom stereocenters. The van der Waals surface area contributed by atoms with Gasteiger partial charge in [-0.15, -0.1) is 0 Å². The van der Waals surface area contributed by atoms with Crippen molar-refractivity contribution in [2.75, 3.05) is 24.5 Å². The second-order valence-electron chi connectivity index (χ2n) is 7.97. The van der Waals surface area contributed by atoms with E-state index < -0.39 is 0 Å². The van der Waals surface area contributed by atoms with Gasteiger partial charge in [0.2, 0.25) is 11.9 Å². The Balaban J connectivity index is 1.54. The minimum Gasteiger partial charge on any atom is -0.356 e. The summed E-state index contributed by atoms with van der Waals surface area (Å²) in [5.41, 5.74) is 0.884. The number of carbonyl (C=O) groups excluding carboxylic acids is 1. The van der Waals surface area contributed by atoms with E-state index in [1.807, 2.05) is 12.4 Å². The molecular weight excluding hydrogens is 326 g/mol. The summed E-state index contributed by atoms with van der Waals surface area (Å²) in [6, 6.07) is 1.63. The van der Waals surface area contributed by atoms with E-state index in [9.17, 15) is 4.79 Å². The van der Waals surface area contributed by atoms with Crippen LogP contribution in [0.3, 0.4) is 0 Å². The van der Waals surface area contributed by atoms with Crippen LogP contribution in [-0.2, 0) is 11.2 Å². The van der Waals surface area contributed by atoms with E-state index in [1.54, 1.807) is 0 Å². The highest BCUT2D eigenvalue weighted by Crippen LogP contribution is 2.33. The van der Waals surface area contributed by atoms with E-state index in [-0.39, 0.29) is 5.91 Å². The van der Waals surface area contributed by atoms with Crippen molar-refractivity contribution in [2.45, 2.75) is 77.4 Å². The molecule has 2 bridgehead atoms. The highest BCUT2D eigenvalue weighted by atomic mass is 16.1. The topological polar surface area (TPSA) is 61.4 Å².